The Labute approximate surface area is 126 Å². The number of hydrogen-bond acceptors (Lipinski definition) is 2. The summed E-state index contributed by atoms with van der Waals surface area (Å²) in [6, 6.07) is 10.1. The molecule has 0 aliphatic heterocycles. The molecule has 2 aromatic carbocycles. The number of hydrogen-bond donors (Lipinski definition) is 1. The third-order valence-corrected chi connectivity index (χ3v) is 3.28. The van der Waals surface area contributed by atoms with Gasteiger partial charge in [-0.2, -0.15) is 0 Å². The molecule has 0 spiro atoms. The lowest BCUT2D eigenvalue weighted by Gasteiger charge is -2.15. The van der Waals surface area contributed by atoms with E-state index < -0.39 is 12.2 Å². The first-order valence-corrected chi connectivity index (χ1v) is 6.67. The van der Waals surface area contributed by atoms with E-state index in [4.69, 9.17) is 0 Å². The second kappa shape index (κ2) is 6.34. The quantitative estimate of drug-likeness (QED) is 0.763. The van der Waals surface area contributed by atoms with E-state index in [0.29, 0.717) is 4.47 Å². The van der Waals surface area contributed by atoms with Crippen LogP contribution in [0.25, 0.3) is 0 Å². The minimum absolute atomic E-state index is 0.00815. The molecule has 0 saturated carbocycles. The van der Waals surface area contributed by atoms with E-state index >= 15 is 0 Å². The van der Waals surface area contributed by atoms with Crippen LogP contribution in [-0.4, -0.2) is 6.36 Å². The molecule has 112 valence electrons. The molecular weight excluding hydrogens is 354 g/mol. The topological polar surface area (TPSA) is 21.3 Å². The molecule has 0 heterocycles. The fraction of sp³-hybridized carbons (Fsp3) is 0.143. The van der Waals surface area contributed by atoms with Crippen LogP contribution in [0.5, 0.6) is 5.75 Å². The highest BCUT2D eigenvalue weighted by Gasteiger charge is 2.31. The van der Waals surface area contributed by atoms with E-state index in [1.54, 1.807) is 12.1 Å². The highest BCUT2D eigenvalue weighted by Crippen LogP contribution is 2.29. The predicted molar refractivity (Wildman–Crippen MR) is 74.6 cm³/mol. The van der Waals surface area contributed by atoms with Crippen LogP contribution in [0.15, 0.2) is 46.9 Å². The highest BCUT2D eigenvalue weighted by atomic mass is 79.9. The Morgan fingerprint density at radius 3 is 2.43 bits per heavy atom. The van der Waals surface area contributed by atoms with Gasteiger partial charge < -0.3 is 10.1 Å². The standard InChI is InChI=1S/C14H10BrF4NO/c15-10-5-3-6-11(16)13(10)20-8-9-4-1-2-7-12(9)21-14(17,18)19/h1-7,20H,8H2. The Balaban J connectivity index is 2.17. The molecule has 0 aliphatic carbocycles. The molecule has 1 N–H and O–H groups in total. The van der Waals surface area contributed by atoms with Gasteiger partial charge in [-0.15, -0.1) is 13.2 Å². The number of para-hydroxylation sites is 2. The van der Waals surface area contributed by atoms with Crippen LogP contribution in [0, 0.1) is 5.82 Å². The molecule has 0 aliphatic rings. The highest BCUT2D eigenvalue weighted by molar-refractivity contribution is 9.10. The van der Waals surface area contributed by atoms with Gasteiger partial charge in [0.25, 0.3) is 0 Å². The van der Waals surface area contributed by atoms with Crippen LogP contribution >= 0.6 is 15.9 Å². The zero-order valence-corrected chi connectivity index (χ0v) is 12.1. The molecule has 0 aromatic heterocycles. The van der Waals surface area contributed by atoms with Crippen LogP contribution in [0.1, 0.15) is 5.56 Å². The lowest BCUT2D eigenvalue weighted by Crippen LogP contribution is -2.18. The van der Waals surface area contributed by atoms with Gasteiger partial charge in [0.1, 0.15) is 11.6 Å². The maximum Gasteiger partial charge on any atom is 0.573 e. The summed E-state index contributed by atoms with van der Waals surface area (Å²) >= 11 is 3.17. The maximum atomic E-state index is 13.6. The molecule has 0 bridgehead atoms. The molecule has 7 heteroatoms. The van der Waals surface area contributed by atoms with Crippen molar-refractivity contribution in [1.82, 2.24) is 0 Å². The molecule has 0 amide bonds. The summed E-state index contributed by atoms with van der Waals surface area (Å²) in [6.07, 6.45) is -4.77. The van der Waals surface area contributed by atoms with Crippen molar-refractivity contribution in [2.45, 2.75) is 12.9 Å². The first kappa shape index (κ1) is 15.6. The summed E-state index contributed by atoms with van der Waals surface area (Å²) in [4.78, 5) is 0. The van der Waals surface area contributed by atoms with Gasteiger partial charge in [-0.05, 0) is 34.1 Å². The lowest BCUT2D eigenvalue weighted by molar-refractivity contribution is -0.274. The Morgan fingerprint density at radius 1 is 1.05 bits per heavy atom. The van der Waals surface area contributed by atoms with Gasteiger partial charge in [-0.1, -0.05) is 24.3 Å². The van der Waals surface area contributed by atoms with Gasteiger partial charge in [0.05, 0.1) is 5.69 Å². The molecule has 21 heavy (non-hydrogen) atoms. The zero-order chi connectivity index (χ0) is 15.5. The number of ether oxygens (including phenoxy) is 1. The van der Waals surface area contributed by atoms with Crippen LogP contribution in [0.2, 0.25) is 0 Å². The van der Waals surface area contributed by atoms with Crippen molar-refractivity contribution in [3.8, 4) is 5.75 Å². The second-order valence-electron chi connectivity index (χ2n) is 4.11. The predicted octanol–water partition coefficient (Wildman–Crippen LogP) is 5.10. The van der Waals surface area contributed by atoms with Crippen LogP contribution in [0.3, 0.4) is 0 Å². The fourth-order valence-corrected chi connectivity index (χ4v) is 2.21. The summed E-state index contributed by atoms with van der Waals surface area (Å²) in [5.41, 5.74) is 0.448. The normalized spacial score (nSPS) is 11.3. The van der Waals surface area contributed by atoms with E-state index in [1.165, 1.54) is 30.3 Å². The fourth-order valence-electron chi connectivity index (χ4n) is 1.72. The first-order chi connectivity index (χ1) is 9.87. The SMILES string of the molecule is Fc1cccc(Br)c1NCc1ccccc1OC(F)(F)F. The Bertz CT molecular complexity index is 610. The molecule has 0 saturated heterocycles. The molecule has 0 unspecified atom stereocenters. The third kappa shape index (κ3) is 4.35. The van der Waals surface area contributed by atoms with E-state index in [1.807, 2.05) is 0 Å². The van der Waals surface area contributed by atoms with Gasteiger partial charge in [-0.25, -0.2) is 4.39 Å². The average Bonchev–Trinajstić information content (AvgIpc) is 2.38. The minimum atomic E-state index is -4.77. The van der Waals surface area contributed by atoms with Gasteiger partial charge in [0.15, 0.2) is 0 Å². The van der Waals surface area contributed by atoms with Crippen LogP contribution in [-0.2, 0) is 6.54 Å². The third-order valence-electron chi connectivity index (χ3n) is 2.62. The van der Waals surface area contributed by atoms with Crippen LogP contribution in [0.4, 0.5) is 23.2 Å². The summed E-state index contributed by atoms with van der Waals surface area (Å²) < 4.78 is 54.9. The van der Waals surface area contributed by atoms with Crippen molar-refractivity contribution in [1.29, 1.82) is 0 Å². The second-order valence-corrected chi connectivity index (χ2v) is 4.96. The molecule has 2 rings (SSSR count). The van der Waals surface area contributed by atoms with Crippen molar-refractivity contribution < 1.29 is 22.3 Å². The largest absolute Gasteiger partial charge is 0.573 e. The molecular formula is C14H10BrF4NO. The first-order valence-electron chi connectivity index (χ1n) is 5.88. The molecule has 2 nitrogen and oxygen atoms in total. The summed E-state index contributed by atoms with van der Waals surface area (Å²) in [5, 5.41) is 2.75. The average molecular weight is 364 g/mol. The van der Waals surface area contributed by atoms with E-state index in [9.17, 15) is 17.6 Å². The van der Waals surface area contributed by atoms with Crippen molar-refractivity contribution in [3.05, 3.63) is 58.3 Å². The molecule has 0 fully saturated rings. The van der Waals surface area contributed by atoms with Gasteiger partial charge >= 0.3 is 6.36 Å². The number of anilines is 1. The Morgan fingerprint density at radius 2 is 1.76 bits per heavy atom. The number of rotatable bonds is 4. The number of benzene rings is 2. The van der Waals surface area contributed by atoms with E-state index in [2.05, 4.69) is 26.0 Å². The Hall–Kier alpha value is -1.76. The minimum Gasteiger partial charge on any atom is -0.405 e. The van der Waals surface area contributed by atoms with Crippen molar-refractivity contribution in [3.63, 3.8) is 0 Å². The van der Waals surface area contributed by atoms with E-state index in [0.717, 1.165) is 0 Å². The maximum absolute atomic E-state index is 13.6. The van der Waals surface area contributed by atoms with Gasteiger partial charge in [-0.3, -0.25) is 0 Å². The molecule has 0 radical (unpaired) electrons. The monoisotopic (exact) mass is 363 g/mol. The van der Waals surface area contributed by atoms with Crippen molar-refractivity contribution >= 4 is 21.6 Å². The summed E-state index contributed by atoms with van der Waals surface area (Å²) in [7, 11) is 0. The Kier molecular flexibility index (Phi) is 4.72. The van der Waals surface area contributed by atoms with Gasteiger partial charge in [0.2, 0.25) is 0 Å². The lowest BCUT2D eigenvalue weighted by atomic mass is 10.2. The van der Waals surface area contributed by atoms with E-state index in [-0.39, 0.29) is 23.5 Å². The molecule has 2 aromatic rings. The summed E-state index contributed by atoms with van der Waals surface area (Å²) in [6.45, 7) is -0.00815. The summed E-state index contributed by atoms with van der Waals surface area (Å²) in [5.74, 6) is -0.816. The zero-order valence-electron chi connectivity index (χ0n) is 10.5. The van der Waals surface area contributed by atoms with Crippen molar-refractivity contribution in [2.75, 3.05) is 5.32 Å². The molecule has 0 atom stereocenters. The number of nitrogens with one attached hydrogen (secondary N) is 1. The van der Waals surface area contributed by atoms with Crippen LogP contribution < -0.4 is 10.1 Å². The van der Waals surface area contributed by atoms with Crippen molar-refractivity contribution in [2.24, 2.45) is 0 Å². The van der Waals surface area contributed by atoms with Gasteiger partial charge in [0, 0.05) is 16.6 Å². The number of alkyl halides is 3. The smallest absolute Gasteiger partial charge is 0.405 e. The number of halogens is 5.